The fraction of sp³-hybridized carbons (Fsp3) is 0.217. The predicted molar refractivity (Wildman–Crippen MR) is 116 cm³/mol. The Morgan fingerprint density at radius 2 is 1.66 bits per heavy atom. The van der Waals surface area contributed by atoms with Crippen molar-refractivity contribution in [3.8, 4) is 11.3 Å². The zero-order valence-corrected chi connectivity index (χ0v) is 17.5. The Bertz CT molecular complexity index is 1090. The molecule has 9 heteroatoms. The highest BCUT2D eigenvalue weighted by atomic mass is 16.5. The summed E-state index contributed by atoms with van der Waals surface area (Å²) in [6.07, 6.45) is -1.30. The number of hydrogen-bond donors (Lipinski definition) is 4. The number of nitrogens with one attached hydrogen (secondary N) is 2. The van der Waals surface area contributed by atoms with Gasteiger partial charge in [0, 0.05) is 17.3 Å². The highest BCUT2D eigenvalue weighted by Gasteiger charge is 2.26. The first-order valence-corrected chi connectivity index (χ1v) is 9.91. The summed E-state index contributed by atoms with van der Waals surface area (Å²) in [6, 6.07) is 15.5. The van der Waals surface area contributed by atoms with Gasteiger partial charge in [-0.15, -0.1) is 0 Å². The Balaban J connectivity index is 1.65. The molecule has 9 nitrogen and oxygen atoms in total. The molecule has 0 saturated heterocycles. The van der Waals surface area contributed by atoms with Crippen molar-refractivity contribution in [2.75, 3.05) is 5.32 Å². The first-order chi connectivity index (χ1) is 15.3. The number of aliphatic carboxylic acids is 1. The molecule has 3 rings (SSSR count). The van der Waals surface area contributed by atoms with E-state index in [0.717, 1.165) is 0 Å². The van der Waals surface area contributed by atoms with Crippen LogP contribution in [-0.2, 0) is 9.59 Å². The Hall–Kier alpha value is -3.98. The van der Waals surface area contributed by atoms with E-state index in [9.17, 15) is 24.6 Å². The van der Waals surface area contributed by atoms with Gasteiger partial charge in [-0.1, -0.05) is 61.5 Å². The van der Waals surface area contributed by atoms with E-state index < -0.39 is 29.9 Å². The quantitative estimate of drug-likeness (QED) is 0.424. The Kier molecular flexibility index (Phi) is 7.01. The number of carboxylic acid groups (broad SMARTS) is 1. The summed E-state index contributed by atoms with van der Waals surface area (Å²) in [5.74, 6) is -2.80. The number of rotatable bonds is 8. The average molecular weight is 437 g/mol. The summed E-state index contributed by atoms with van der Waals surface area (Å²) in [6.45, 7) is 3.37. The number of benzene rings is 2. The topological polar surface area (TPSA) is 142 Å². The van der Waals surface area contributed by atoms with E-state index in [1.807, 2.05) is 0 Å². The summed E-state index contributed by atoms with van der Waals surface area (Å²) in [5, 5.41) is 28.3. The van der Waals surface area contributed by atoms with E-state index in [1.54, 1.807) is 68.4 Å². The Morgan fingerprint density at radius 1 is 1.00 bits per heavy atom. The van der Waals surface area contributed by atoms with Crippen molar-refractivity contribution in [1.82, 2.24) is 10.5 Å². The molecule has 0 saturated carbocycles. The summed E-state index contributed by atoms with van der Waals surface area (Å²) < 4.78 is 5.06. The van der Waals surface area contributed by atoms with Crippen LogP contribution in [0.15, 0.2) is 65.2 Å². The van der Waals surface area contributed by atoms with Gasteiger partial charge in [0.2, 0.25) is 5.76 Å². The molecule has 0 aliphatic rings. The van der Waals surface area contributed by atoms with E-state index in [0.29, 0.717) is 22.5 Å². The summed E-state index contributed by atoms with van der Waals surface area (Å²) in [7, 11) is 0. The van der Waals surface area contributed by atoms with Gasteiger partial charge in [-0.25, -0.2) is 4.79 Å². The number of aromatic nitrogens is 1. The normalized spacial score (nSPS) is 12.8. The summed E-state index contributed by atoms with van der Waals surface area (Å²) in [5.41, 5.74) is 1.94. The second kappa shape index (κ2) is 9.88. The molecule has 0 spiro atoms. The molecule has 2 amide bonds. The van der Waals surface area contributed by atoms with Crippen LogP contribution < -0.4 is 10.6 Å². The van der Waals surface area contributed by atoms with Gasteiger partial charge < -0.3 is 25.4 Å². The van der Waals surface area contributed by atoms with Crippen molar-refractivity contribution in [3.05, 3.63) is 72.0 Å². The molecule has 2 aromatic carbocycles. The van der Waals surface area contributed by atoms with Crippen LogP contribution in [0.3, 0.4) is 0 Å². The maximum atomic E-state index is 12.3. The number of hydrogen-bond acceptors (Lipinski definition) is 6. The lowest BCUT2D eigenvalue weighted by molar-refractivity contribution is -0.140. The molecule has 1 unspecified atom stereocenters. The first-order valence-electron chi connectivity index (χ1n) is 9.91. The van der Waals surface area contributed by atoms with Gasteiger partial charge in [0.1, 0.15) is 11.7 Å². The Labute approximate surface area is 184 Å². The van der Waals surface area contributed by atoms with Crippen LogP contribution in [-0.4, -0.2) is 39.2 Å². The monoisotopic (exact) mass is 437 g/mol. The maximum absolute atomic E-state index is 12.3. The molecule has 1 heterocycles. The SMILES string of the molecule is CC(C)C(NC(=O)c1cc(-c2ccc(NC(=O)[C@H](O)c3ccccc3)cc2)no1)C(=O)O. The van der Waals surface area contributed by atoms with Crippen LogP contribution in [0, 0.1) is 5.92 Å². The van der Waals surface area contributed by atoms with Crippen LogP contribution in [0.5, 0.6) is 0 Å². The summed E-state index contributed by atoms with van der Waals surface area (Å²) in [4.78, 5) is 35.8. The van der Waals surface area contributed by atoms with E-state index in [4.69, 9.17) is 4.52 Å². The maximum Gasteiger partial charge on any atom is 0.326 e. The van der Waals surface area contributed by atoms with Gasteiger partial charge in [-0.05, 0) is 23.6 Å². The highest BCUT2D eigenvalue weighted by Crippen LogP contribution is 2.22. The second-order valence-corrected chi connectivity index (χ2v) is 7.49. The first kappa shape index (κ1) is 22.7. The van der Waals surface area contributed by atoms with Gasteiger partial charge in [0.05, 0.1) is 0 Å². The molecule has 2 atom stereocenters. The fourth-order valence-corrected chi connectivity index (χ4v) is 2.97. The minimum atomic E-state index is -1.30. The van der Waals surface area contributed by atoms with Crippen LogP contribution in [0.25, 0.3) is 11.3 Å². The second-order valence-electron chi connectivity index (χ2n) is 7.49. The zero-order chi connectivity index (χ0) is 23.3. The molecule has 1 aromatic heterocycles. The van der Waals surface area contributed by atoms with Crippen LogP contribution >= 0.6 is 0 Å². The smallest absolute Gasteiger partial charge is 0.326 e. The molecule has 0 aliphatic carbocycles. The van der Waals surface area contributed by atoms with E-state index in [-0.39, 0.29) is 11.7 Å². The van der Waals surface area contributed by atoms with Gasteiger partial charge in [-0.2, -0.15) is 0 Å². The number of amides is 2. The predicted octanol–water partition coefficient (Wildman–Crippen LogP) is 2.85. The number of carboxylic acids is 1. The average Bonchev–Trinajstić information content (AvgIpc) is 3.28. The molecule has 32 heavy (non-hydrogen) atoms. The fourth-order valence-electron chi connectivity index (χ4n) is 2.97. The van der Waals surface area contributed by atoms with Gasteiger partial charge in [0.25, 0.3) is 11.8 Å². The number of aliphatic hydroxyl groups is 1. The largest absolute Gasteiger partial charge is 0.480 e. The lowest BCUT2D eigenvalue weighted by Gasteiger charge is -2.16. The van der Waals surface area contributed by atoms with Crippen molar-refractivity contribution in [3.63, 3.8) is 0 Å². The van der Waals surface area contributed by atoms with Gasteiger partial charge >= 0.3 is 5.97 Å². The Morgan fingerprint density at radius 3 is 2.25 bits per heavy atom. The molecule has 166 valence electrons. The number of aliphatic hydroxyl groups excluding tert-OH is 1. The van der Waals surface area contributed by atoms with Crippen LogP contribution in [0.4, 0.5) is 5.69 Å². The molecular weight excluding hydrogens is 414 g/mol. The molecule has 0 radical (unpaired) electrons. The van der Waals surface area contributed by atoms with Crippen molar-refractivity contribution in [2.24, 2.45) is 5.92 Å². The lowest BCUT2D eigenvalue weighted by Crippen LogP contribution is -2.44. The minimum Gasteiger partial charge on any atom is -0.480 e. The van der Waals surface area contributed by atoms with Crippen molar-refractivity contribution in [2.45, 2.75) is 26.0 Å². The van der Waals surface area contributed by atoms with Crippen molar-refractivity contribution < 1.29 is 29.1 Å². The highest BCUT2D eigenvalue weighted by molar-refractivity contribution is 5.96. The van der Waals surface area contributed by atoms with E-state index in [2.05, 4.69) is 15.8 Å². The van der Waals surface area contributed by atoms with Crippen LogP contribution in [0.1, 0.15) is 36.1 Å². The number of carbonyl (C=O) groups is 3. The van der Waals surface area contributed by atoms with Gasteiger partial charge in [-0.3, -0.25) is 9.59 Å². The third-order valence-corrected chi connectivity index (χ3v) is 4.77. The molecule has 0 bridgehead atoms. The lowest BCUT2D eigenvalue weighted by atomic mass is 10.0. The molecule has 3 aromatic rings. The summed E-state index contributed by atoms with van der Waals surface area (Å²) >= 11 is 0. The third-order valence-electron chi connectivity index (χ3n) is 4.77. The van der Waals surface area contributed by atoms with E-state index >= 15 is 0 Å². The zero-order valence-electron chi connectivity index (χ0n) is 17.5. The van der Waals surface area contributed by atoms with Crippen LogP contribution in [0.2, 0.25) is 0 Å². The number of carbonyl (C=O) groups excluding carboxylic acids is 2. The minimum absolute atomic E-state index is 0.115. The molecular formula is C23H23N3O6. The molecule has 4 N–H and O–H groups in total. The third kappa shape index (κ3) is 5.38. The van der Waals surface area contributed by atoms with Gasteiger partial charge in [0.15, 0.2) is 6.10 Å². The molecule has 0 fully saturated rings. The van der Waals surface area contributed by atoms with Crippen molar-refractivity contribution >= 4 is 23.5 Å². The number of nitrogens with zero attached hydrogens (tertiary/aromatic N) is 1. The van der Waals surface area contributed by atoms with E-state index in [1.165, 1.54) is 6.07 Å². The number of anilines is 1. The standard InChI is InChI=1S/C23H23N3O6/c1-13(2)19(23(30)31)25-21(28)18-12-17(26-32-18)14-8-10-16(11-9-14)24-22(29)20(27)15-6-4-3-5-7-15/h3-13,19-20,27H,1-2H3,(H,24,29)(H,25,28)(H,30,31)/t19?,20-/m1/s1. The molecule has 0 aliphatic heterocycles. The van der Waals surface area contributed by atoms with Crippen molar-refractivity contribution in [1.29, 1.82) is 0 Å².